The Hall–Kier alpha value is -1.66. The van der Waals surface area contributed by atoms with Gasteiger partial charge in [-0.25, -0.2) is 0 Å². The smallest absolute Gasteiger partial charge is 0.272 e. The van der Waals surface area contributed by atoms with Crippen LogP contribution in [0.15, 0.2) is 18.3 Å². The van der Waals surface area contributed by atoms with Crippen LogP contribution in [0.2, 0.25) is 0 Å². The van der Waals surface area contributed by atoms with Crippen molar-refractivity contribution in [1.29, 1.82) is 0 Å². The highest BCUT2D eigenvalue weighted by Crippen LogP contribution is 2.22. The van der Waals surface area contributed by atoms with E-state index in [1.54, 1.807) is 18.3 Å². The molecule has 2 aliphatic rings. The predicted octanol–water partition coefficient (Wildman–Crippen LogP) is 0.677. The minimum absolute atomic E-state index is 0.0100. The summed E-state index contributed by atoms with van der Waals surface area (Å²) >= 11 is 0. The summed E-state index contributed by atoms with van der Waals surface area (Å²) in [5.74, 6) is 5.39. The minimum Gasteiger partial charge on any atom is -0.336 e. The second kappa shape index (κ2) is 5.76. The largest absolute Gasteiger partial charge is 0.336 e. The standard InChI is InChI=1S/C14H21N5O/c15-17-11-4-5-16-13(9-11)14(20)19-8-2-7-18-6-1-3-12(18)10-19/h4-5,9,12H,1-3,6-8,10,15H2,(H,16,17). The zero-order valence-corrected chi connectivity index (χ0v) is 11.6. The highest BCUT2D eigenvalue weighted by molar-refractivity contribution is 5.93. The lowest BCUT2D eigenvalue weighted by molar-refractivity contribution is 0.0737. The van der Waals surface area contributed by atoms with Crippen molar-refractivity contribution < 1.29 is 4.79 Å². The molecule has 1 unspecified atom stereocenters. The molecule has 0 aliphatic carbocycles. The molecule has 0 radical (unpaired) electrons. The number of anilines is 1. The number of hydrogen-bond acceptors (Lipinski definition) is 5. The van der Waals surface area contributed by atoms with Gasteiger partial charge in [-0.2, -0.15) is 0 Å². The summed E-state index contributed by atoms with van der Waals surface area (Å²) in [6, 6.07) is 3.98. The maximum Gasteiger partial charge on any atom is 0.272 e. The number of aromatic nitrogens is 1. The van der Waals surface area contributed by atoms with Gasteiger partial charge in [0.25, 0.3) is 5.91 Å². The van der Waals surface area contributed by atoms with E-state index in [9.17, 15) is 4.79 Å². The van der Waals surface area contributed by atoms with Crippen molar-refractivity contribution in [1.82, 2.24) is 14.8 Å². The van der Waals surface area contributed by atoms with Gasteiger partial charge in [-0.15, -0.1) is 0 Å². The first-order valence-corrected chi connectivity index (χ1v) is 7.24. The van der Waals surface area contributed by atoms with E-state index in [-0.39, 0.29) is 5.91 Å². The van der Waals surface area contributed by atoms with Gasteiger partial charge in [-0.1, -0.05) is 0 Å². The zero-order valence-electron chi connectivity index (χ0n) is 11.6. The maximum absolute atomic E-state index is 12.6. The molecule has 1 atom stereocenters. The third-order valence-electron chi connectivity index (χ3n) is 4.24. The Morgan fingerprint density at radius 3 is 3.05 bits per heavy atom. The first kappa shape index (κ1) is 13.3. The van der Waals surface area contributed by atoms with E-state index in [0.717, 1.165) is 26.1 Å². The topological polar surface area (TPSA) is 74.5 Å². The van der Waals surface area contributed by atoms with Crippen LogP contribution in [0.1, 0.15) is 29.8 Å². The van der Waals surface area contributed by atoms with Gasteiger partial charge >= 0.3 is 0 Å². The Morgan fingerprint density at radius 1 is 1.35 bits per heavy atom. The molecule has 0 bridgehead atoms. The molecule has 0 aromatic carbocycles. The third-order valence-corrected chi connectivity index (χ3v) is 4.24. The number of nitrogens with one attached hydrogen (secondary N) is 1. The van der Waals surface area contributed by atoms with Crippen LogP contribution < -0.4 is 11.3 Å². The van der Waals surface area contributed by atoms with E-state index in [2.05, 4.69) is 15.3 Å². The van der Waals surface area contributed by atoms with E-state index in [0.29, 0.717) is 17.4 Å². The maximum atomic E-state index is 12.6. The fourth-order valence-corrected chi connectivity index (χ4v) is 3.19. The van der Waals surface area contributed by atoms with Crippen LogP contribution in [0.4, 0.5) is 5.69 Å². The Bertz CT molecular complexity index is 492. The first-order chi connectivity index (χ1) is 9.78. The molecule has 0 spiro atoms. The molecule has 6 nitrogen and oxygen atoms in total. The summed E-state index contributed by atoms with van der Waals surface area (Å²) in [7, 11) is 0. The van der Waals surface area contributed by atoms with E-state index >= 15 is 0 Å². The van der Waals surface area contributed by atoms with E-state index in [1.807, 2.05) is 4.90 Å². The predicted molar refractivity (Wildman–Crippen MR) is 77.2 cm³/mol. The number of fused-ring (bicyclic) bond motifs is 1. The Balaban J connectivity index is 1.75. The summed E-state index contributed by atoms with van der Waals surface area (Å²) in [5, 5.41) is 0. The van der Waals surface area contributed by atoms with Gasteiger partial charge in [-0.05, 0) is 37.9 Å². The fourth-order valence-electron chi connectivity index (χ4n) is 3.19. The summed E-state index contributed by atoms with van der Waals surface area (Å²) in [5.41, 5.74) is 3.73. The molecule has 2 aliphatic heterocycles. The van der Waals surface area contributed by atoms with Gasteiger partial charge < -0.3 is 10.3 Å². The highest BCUT2D eigenvalue weighted by atomic mass is 16.2. The third kappa shape index (κ3) is 2.62. The normalized spacial score (nSPS) is 23.2. The Labute approximate surface area is 118 Å². The van der Waals surface area contributed by atoms with E-state index in [1.165, 1.54) is 19.4 Å². The van der Waals surface area contributed by atoms with Crippen LogP contribution in [-0.4, -0.2) is 52.9 Å². The highest BCUT2D eigenvalue weighted by Gasteiger charge is 2.31. The van der Waals surface area contributed by atoms with Crippen LogP contribution in [0.25, 0.3) is 0 Å². The van der Waals surface area contributed by atoms with E-state index in [4.69, 9.17) is 5.84 Å². The van der Waals surface area contributed by atoms with E-state index < -0.39 is 0 Å². The van der Waals surface area contributed by atoms with Gasteiger partial charge in [0, 0.05) is 31.9 Å². The average molecular weight is 275 g/mol. The number of nitrogens with zero attached hydrogens (tertiary/aromatic N) is 3. The lowest BCUT2D eigenvalue weighted by Gasteiger charge is -2.25. The second-order valence-electron chi connectivity index (χ2n) is 5.51. The second-order valence-corrected chi connectivity index (χ2v) is 5.51. The lowest BCUT2D eigenvalue weighted by Crippen LogP contribution is -2.40. The minimum atomic E-state index is 0.0100. The summed E-state index contributed by atoms with van der Waals surface area (Å²) < 4.78 is 0. The van der Waals surface area contributed by atoms with Gasteiger partial charge in [0.15, 0.2) is 0 Å². The van der Waals surface area contributed by atoms with Crippen LogP contribution in [0.5, 0.6) is 0 Å². The molecule has 3 heterocycles. The molecule has 6 heteroatoms. The van der Waals surface area contributed by atoms with Crippen molar-refractivity contribution in [3.8, 4) is 0 Å². The van der Waals surface area contributed by atoms with Crippen molar-refractivity contribution in [2.24, 2.45) is 5.84 Å². The number of nitrogens with two attached hydrogens (primary N) is 1. The van der Waals surface area contributed by atoms with Crippen molar-refractivity contribution in [2.45, 2.75) is 25.3 Å². The SMILES string of the molecule is NNc1ccnc(C(=O)N2CCCN3CCCC3C2)c1. The van der Waals surface area contributed by atoms with Crippen molar-refractivity contribution in [3.63, 3.8) is 0 Å². The van der Waals surface area contributed by atoms with Crippen LogP contribution >= 0.6 is 0 Å². The monoisotopic (exact) mass is 275 g/mol. The molecule has 1 aromatic rings. The molecule has 3 N–H and O–H groups in total. The van der Waals surface area contributed by atoms with Crippen molar-refractivity contribution >= 4 is 11.6 Å². The van der Waals surface area contributed by atoms with Crippen LogP contribution in [0, 0.1) is 0 Å². The quantitative estimate of drug-likeness (QED) is 0.613. The first-order valence-electron chi connectivity index (χ1n) is 7.24. The number of carbonyl (C=O) groups excluding carboxylic acids is 1. The van der Waals surface area contributed by atoms with Crippen LogP contribution in [0.3, 0.4) is 0 Å². The molecular formula is C14H21N5O. The number of nitrogen functional groups attached to an aromatic ring is 1. The Morgan fingerprint density at radius 2 is 2.20 bits per heavy atom. The van der Waals surface area contributed by atoms with Crippen molar-refractivity contribution in [2.75, 3.05) is 31.6 Å². The average Bonchev–Trinajstić information content (AvgIpc) is 2.83. The summed E-state index contributed by atoms with van der Waals surface area (Å²) in [4.78, 5) is 21.2. The van der Waals surface area contributed by atoms with Crippen LogP contribution in [-0.2, 0) is 0 Å². The number of hydrazine groups is 1. The van der Waals surface area contributed by atoms with Gasteiger partial charge in [0.1, 0.15) is 5.69 Å². The molecular weight excluding hydrogens is 254 g/mol. The fraction of sp³-hybridized carbons (Fsp3) is 0.571. The number of carbonyl (C=O) groups is 1. The molecule has 1 amide bonds. The number of rotatable bonds is 2. The lowest BCUT2D eigenvalue weighted by atomic mass is 10.2. The molecule has 108 valence electrons. The van der Waals surface area contributed by atoms with Gasteiger partial charge in [0.2, 0.25) is 0 Å². The summed E-state index contributed by atoms with van der Waals surface area (Å²) in [6.07, 6.45) is 5.10. The van der Waals surface area contributed by atoms with Gasteiger partial charge in [-0.3, -0.25) is 20.5 Å². The van der Waals surface area contributed by atoms with Gasteiger partial charge in [0.05, 0.1) is 5.69 Å². The summed E-state index contributed by atoms with van der Waals surface area (Å²) in [6.45, 7) is 3.92. The molecule has 2 fully saturated rings. The number of pyridine rings is 1. The Kier molecular flexibility index (Phi) is 3.84. The molecule has 2 saturated heterocycles. The molecule has 3 rings (SSSR count). The molecule has 1 aromatic heterocycles. The zero-order chi connectivity index (χ0) is 13.9. The number of hydrogen-bond donors (Lipinski definition) is 2. The van der Waals surface area contributed by atoms with Crippen molar-refractivity contribution in [3.05, 3.63) is 24.0 Å². The number of amides is 1. The molecule has 20 heavy (non-hydrogen) atoms. The molecule has 0 saturated carbocycles.